The van der Waals surface area contributed by atoms with Crippen LogP contribution in [0.2, 0.25) is 0 Å². The number of benzene rings is 1. The topological polar surface area (TPSA) is 27.8 Å². The van der Waals surface area contributed by atoms with Gasteiger partial charge in [-0.2, -0.15) is 0 Å². The summed E-state index contributed by atoms with van der Waals surface area (Å²) >= 11 is 0. The average Bonchev–Trinajstić information content (AvgIpc) is 2.57. The molecule has 2 rings (SSSR count). The summed E-state index contributed by atoms with van der Waals surface area (Å²) in [6.07, 6.45) is 2.35. The molecular formula is C13H18N2. The fourth-order valence-electron chi connectivity index (χ4n) is 1.95. The molecule has 0 aliphatic heterocycles. The van der Waals surface area contributed by atoms with Crippen LogP contribution in [-0.2, 0) is 6.42 Å². The van der Waals surface area contributed by atoms with Crippen LogP contribution in [0.1, 0.15) is 17.7 Å². The first kappa shape index (κ1) is 10.2. The quantitative estimate of drug-likeness (QED) is 0.733. The first-order valence-corrected chi connectivity index (χ1v) is 5.52. The van der Waals surface area contributed by atoms with Crippen LogP contribution in [0.4, 0.5) is 0 Å². The first-order chi connectivity index (χ1) is 7.29. The fraction of sp³-hybridized carbons (Fsp3) is 0.385. The summed E-state index contributed by atoms with van der Waals surface area (Å²) in [5.74, 6) is 0. The van der Waals surface area contributed by atoms with Gasteiger partial charge in [0.1, 0.15) is 0 Å². The number of hydrogen-bond donors (Lipinski definition) is 2. The molecule has 0 unspecified atom stereocenters. The van der Waals surface area contributed by atoms with Crippen molar-refractivity contribution >= 4 is 10.9 Å². The summed E-state index contributed by atoms with van der Waals surface area (Å²) in [6.45, 7) is 3.19. The fourth-order valence-corrected chi connectivity index (χ4v) is 1.95. The van der Waals surface area contributed by atoms with Gasteiger partial charge in [-0.1, -0.05) is 6.07 Å². The number of nitrogens with one attached hydrogen (secondary N) is 2. The normalized spacial score (nSPS) is 11.1. The lowest BCUT2D eigenvalue weighted by Gasteiger charge is -2.01. The molecule has 2 N–H and O–H groups in total. The Hall–Kier alpha value is -1.28. The highest BCUT2D eigenvalue weighted by Crippen LogP contribution is 2.17. The Balaban J connectivity index is 2.15. The molecule has 2 nitrogen and oxygen atoms in total. The summed E-state index contributed by atoms with van der Waals surface area (Å²) in [5.41, 5.74) is 3.90. The molecule has 0 radical (unpaired) electrons. The van der Waals surface area contributed by atoms with Crippen LogP contribution >= 0.6 is 0 Å². The Morgan fingerprint density at radius 1 is 1.27 bits per heavy atom. The van der Waals surface area contributed by atoms with Crippen LogP contribution in [0, 0.1) is 6.92 Å². The molecule has 2 heteroatoms. The van der Waals surface area contributed by atoms with E-state index in [9.17, 15) is 0 Å². The molecule has 0 saturated heterocycles. The number of fused-ring (bicyclic) bond motifs is 1. The van der Waals surface area contributed by atoms with Crippen LogP contribution < -0.4 is 5.32 Å². The number of rotatable bonds is 4. The number of aromatic amines is 1. The monoisotopic (exact) mass is 202 g/mol. The largest absolute Gasteiger partial charge is 0.359 e. The van der Waals surface area contributed by atoms with Crippen molar-refractivity contribution in [2.45, 2.75) is 19.8 Å². The zero-order chi connectivity index (χ0) is 10.7. The third-order valence-corrected chi connectivity index (χ3v) is 2.71. The molecule has 0 fully saturated rings. The number of H-pyrrole nitrogens is 1. The van der Waals surface area contributed by atoms with E-state index in [1.807, 2.05) is 7.05 Å². The highest BCUT2D eigenvalue weighted by atomic mass is 14.8. The molecule has 1 aromatic heterocycles. The van der Waals surface area contributed by atoms with E-state index in [1.165, 1.54) is 28.6 Å². The van der Waals surface area contributed by atoms with Gasteiger partial charge in [0.05, 0.1) is 0 Å². The lowest BCUT2D eigenvalue weighted by molar-refractivity contribution is 0.725. The Bertz CT molecular complexity index is 443. The van der Waals surface area contributed by atoms with Crippen LogP contribution in [0.15, 0.2) is 24.3 Å². The summed E-state index contributed by atoms with van der Waals surface area (Å²) in [4.78, 5) is 3.34. The summed E-state index contributed by atoms with van der Waals surface area (Å²) in [5, 5.41) is 4.50. The maximum atomic E-state index is 3.34. The lowest BCUT2D eigenvalue weighted by atomic mass is 10.1. The highest BCUT2D eigenvalue weighted by Gasteiger charge is 1.99. The van der Waals surface area contributed by atoms with Crippen molar-refractivity contribution in [1.82, 2.24) is 10.3 Å². The van der Waals surface area contributed by atoms with E-state index in [4.69, 9.17) is 0 Å². The van der Waals surface area contributed by atoms with Gasteiger partial charge in [0.2, 0.25) is 0 Å². The van der Waals surface area contributed by atoms with Gasteiger partial charge in [-0.05, 0) is 62.5 Å². The SMILES string of the molecule is CNCCCc1ccc2[nH]c(C)cc2c1. The molecule has 0 aliphatic carbocycles. The Morgan fingerprint density at radius 3 is 2.93 bits per heavy atom. The van der Waals surface area contributed by atoms with Crippen molar-refractivity contribution in [3.8, 4) is 0 Å². The second kappa shape index (κ2) is 4.49. The molecule has 1 aromatic carbocycles. The van der Waals surface area contributed by atoms with E-state index in [-0.39, 0.29) is 0 Å². The Labute approximate surface area is 90.7 Å². The molecule has 1 heterocycles. The van der Waals surface area contributed by atoms with E-state index >= 15 is 0 Å². The van der Waals surface area contributed by atoms with Crippen LogP contribution in [-0.4, -0.2) is 18.6 Å². The van der Waals surface area contributed by atoms with Gasteiger partial charge in [0.25, 0.3) is 0 Å². The molecule has 0 amide bonds. The zero-order valence-electron chi connectivity index (χ0n) is 9.43. The second-order valence-corrected chi connectivity index (χ2v) is 4.08. The van der Waals surface area contributed by atoms with E-state index in [2.05, 4.69) is 41.5 Å². The van der Waals surface area contributed by atoms with Gasteiger partial charge in [0, 0.05) is 11.2 Å². The molecule has 0 bridgehead atoms. The van der Waals surface area contributed by atoms with Gasteiger partial charge < -0.3 is 10.3 Å². The van der Waals surface area contributed by atoms with Gasteiger partial charge in [-0.3, -0.25) is 0 Å². The molecule has 0 atom stereocenters. The third-order valence-electron chi connectivity index (χ3n) is 2.71. The standard InChI is InChI=1S/C13H18N2/c1-10-8-12-9-11(4-3-7-14-2)5-6-13(12)15-10/h5-6,8-9,14-15H,3-4,7H2,1-2H3. The summed E-state index contributed by atoms with van der Waals surface area (Å²) in [7, 11) is 2.00. The minimum atomic E-state index is 1.09. The lowest BCUT2D eigenvalue weighted by Crippen LogP contribution is -2.08. The van der Waals surface area contributed by atoms with E-state index in [1.54, 1.807) is 0 Å². The predicted molar refractivity (Wildman–Crippen MR) is 65.3 cm³/mol. The number of aromatic nitrogens is 1. The molecule has 2 aromatic rings. The molecule has 0 saturated carbocycles. The van der Waals surface area contributed by atoms with E-state index in [0.29, 0.717) is 0 Å². The molecule has 15 heavy (non-hydrogen) atoms. The van der Waals surface area contributed by atoms with Crippen molar-refractivity contribution in [2.75, 3.05) is 13.6 Å². The van der Waals surface area contributed by atoms with Gasteiger partial charge in [-0.25, -0.2) is 0 Å². The van der Waals surface area contributed by atoms with Crippen molar-refractivity contribution < 1.29 is 0 Å². The maximum Gasteiger partial charge on any atom is 0.0456 e. The zero-order valence-corrected chi connectivity index (χ0v) is 9.43. The van der Waals surface area contributed by atoms with Crippen molar-refractivity contribution in [3.05, 3.63) is 35.5 Å². The van der Waals surface area contributed by atoms with Crippen LogP contribution in [0.25, 0.3) is 10.9 Å². The van der Waals surface area contributed by atoms with Crippen molar-refractivity contribution in [3.63, 3.8) is 0 Å². The molecule has 0 aliphatic rings. The van der Waals surface area contributed by atoms with Gasteiger partial charge >= 0.3 is 0 Å². The number of hydrogen-bond acceptors (Lipinski definition) is 1. The van der Waals surface area contributed by atoms with Crippen LogP contribution in [0.3, 0.4) is 0 Å². The minimum absolute atomic E-state index is 1.09. The Kier molecular flexibility index (Phi) is 3.07. The maximum absolute atomic E-state index is 3.34. The number of aryl methyl sites for hydroxylation is 2. The minimum Gasteiger partial charge on any atom is -0.359 e. The third kappa shape index (κ3) is 2.39. The van der Waals surface area contributed by atoms with Crippen LogP contribution in [0.5, 0.6) is 0 Å². The average molecular weight is 202 g/mol. The Morgan fingerprint density at radius 2 is 2.13 bits per heavy atom. The van der Waals surface area contributed by atoms with E-state index in [0.717, 1.165) is 13.0 Å². The predicted octanol–water partition coefficient (Wildman–Crippen LogP) is 2.63. The van der Waals surface area contributed by atoms with E-state index < -0.39 is 0 Å². The summed E-state index contributed by atoms with van der Waals surface area (Å²) in [6, 6.07) is 8.89. The van der Waals surface area contributed by atoms with Crippen molar-refractivity contribution in [2.24, 2.45) is 0 Å². The first-order valence-electron chi connectivity index (χ1n) is 5.52. The molecule has 0 spiro atoms. The smallest absolute Gasteiger partial charge is 0.0456 e. The second-order valence-electron chi connectivity index (χ2n) is 4.08. The summed E-state index contributed by atoms with van der Waals surface area (Å²) < 4.78 is 0. The van der Waals surface area contributed by atoms with Crippen molar-refractivity contribution in [1.29, 1.82) is 0 Å². The highest BCUT2D eigenvalue weighted by molar-refractivity contribution is 5.81. The van der Waals surface area contributed by atoms with Gasteiger partial charge in [0.15, 0.2) is 0 Å². The molecular weight excluding hydrogens is 184 g/mol. The van der Waals surface area contributed by atoms with Gasteiger partial charge in [-0.15, -0.1) is 0 Å². The molecule has 80 valence electrons.